The number of carbonyl (C=O) groups excluding carboxylic acids is 2. The molecule has 8 heteroatoms. The van der Waals surface area contributed by atoms with E-state index in [0.29, 0.717) is 31.7 Å². The number of anilines is 1. The Hall–Kier alpha value is -2.90. The van der Waals surface area contributed by atoms with Gasteiger partial charge in [0.15, 0.2) is 5.78 Å². The van der Waals surface area contributed by atoms with Crippen molar-refractivity contribution >= 4 is 17.4 Å². The van der Waals surface area contributed by atoms with E-state index in [9.17, 15) is 22.8 Å². The number of hydrogen-bond donors (Lipinski definition) is 0. The molecular formula is C20H20F3N3O2. The maximum Gasteiger partial charge on any atom is 0.433 e. The number of nitrogens with zero attached hydrogens (tertiary/aromatic N) is 3. The second-order valence-electron chi connectivity index (χ2n) is 6.71. The molecule has 28 heavy (non-hydrogen) atoms. The van der Waals surface area contributed by atoms with Gasteiger partial charge in [-0.15, -0.1) is 0 Å². The number of Topliss-reactive ketones (excluding diaryl/α,β-unsaturated/α-hetero) is 1. The molecule has 1 aliphatic heterocycles. The standard InChI is InChI=1S/C20H20F3N3O2/c1-13-17(7-8-18(24-13)20(21,22)23)19(28)26-11-9-25(10-12-26)16-5-3-15(4-6-16)14(2)27/h3-8H,9-12H2,1-2H3. The van der Waals surface area contributed by atoms with Crippen molar-refractivity contribution in [1.29, 1.82) is 0 Å². The van der Waals surface area contributed by atoms with Gasteiger partial charge in [-0.1, -0.05) is 0 Å². The van der Waals surface area contributed by atoms with Gasteiger partial charge in [0.2, 0.25) is 0 Å². The van der Waals surface area contributed by atoms with Crippen LogP contribution >= 0.6 is 0 Å². The molecular weight excluding hydrogens is 371 g/mol. The summed E-state index contributed by atoms with van der Waals surface area (Å²) in [5, 5.41) is 0. The maximum atomic E-state index is 12.7. The molecule has 0 atom stereocenters. The SMILES string of the molecule is CC(=O)c1ccc(N2CCN(C(=O)c3ccc(C(F)(F)F)nc3C)CC2)cc1. The highest BCUT2D eigenvalue weighted by atomic mass is 19.4. The molecule has 1 aliphatic rings. The predicted octanol–water partition coefficient (Wildman–Crippen LogP) is 3.57. The first-order valence-corrected chi connectivity index (χ1v) is 8.87. The summed E-state index contributed by atoms with van der Waals surface area (Å²) in [5.41, 5.74) is 0.863. The molecule has 0 bridgehead atoms. The summed E-state index contributed by atoms with van der Waals surface area (Å²) in [4.78, 5) is 31.3. The van der Waals surface area contributed by atoms with Crippen LogP contribution in [0.3, 0.4) is 0 Å². The Morgan fingerprint density at radius 2 is 1.57 bits per heavy atom. The molecule has 2 heterocycles. The Bertz CT molecular complexity index is 887. The van der Waals surface area contributed by atoms with Crippen molar-refractivity contribution < 1.29 is 22.8 Å². The minimum absolute atomic E-state index is 0.00230. The second-order valence-corrected chi connectivity index (χ2v) is 6.71. The first-order valence-electron chi connectivity index (χ1n) is 8.87. The Kier molecular flexibility index (Phi) is 5.40. The van der Waals surface area contributed by atoms with Crippen molar-refractivity contribution in [2.24, 2.45) is 0 Å². The van der Waals surface area contributed by atoms with E-state index in [4.69, 9.17) is 0 Å². The highest BCUT2D eigenvalue weighted by molar-refractivity contribution is 5.95. The van der Waals surface area contributed by atoms with Gasteiger partial charge < -0.3 is 9.80 Å². The molecule has 3 rings (SSSR count). The highest BCUT2D eigenvalue weighted by Gasteiger charge is 2.33. The first kappa shape index (κ1) is 19.9. The van der Waals surface area contributed by atoms with Crippen LogP contribution in [-0.2, 0) is 6.18 Å². The molecule has 5 nitrogen and oxygen atoms in total. The van der Waals surface area contributed by atoms with E-state index >= 15 is 0 Å². The Balaban J connectivity index is 1.66. The Labute approximate surface area is 160 Å². The number of benzene rings is 1. The molecule has 0 saturated carbocycles. The normalized spacial score (nSPS) is 14.9. The van der Waals surface area contributed by atoms with Crippen LogP contribution in [0.2, 0.25) is 0 Å². The number of pyridine rings is 1. The molecule has 0 aliphatic carbocycles. The van der Waals surface area contributed by atoms with Crippen molar-refractivity contribution in [1.82, 2.24) is 9.88 Å². The van der Waals surface area contributed by atoms with E-state index in [1.54, 1.807) is 17.0 Å². The minimum atomic E-state index is -4.53. The van der Waals surface area contributed by atoms with Gasteiger partial charge >= 0.3 is 6.18 Å². The summed E-state index contributed by atoms with van der Waals surface area (Å²) in [6.45, 7) is 5.02. The summed E-state index contributed by atoms with van der Waals surface area (Å²) in [7, 11) is 0. The summed E-state index contributed by atoms with van der Waals surface area (Å²) >= 11 is 0. The van der Waals surface area contributed by atoms with Crippen LogP contribution in [0.1, 0.15) is 39.0 Å². The lowest BCUT2D eigenvalue weighted by molar-refractivity contribution is -0.141. The van der Waals surface area contributed by atoms with E-state index in [2.05, 4.69) is 9.88 Å². The van der Waals surface area contributed by atoms with Gasteiger partial charge in [0.05, 0.1) is 11.3 Å². The summed E-state index contributed by atoms with van der Waals surface area (Å²) in [6.07, 6.45) is -4.53. The molecule has 1 saturated heterocycles. The average molecular weight is 391 g/mol. The van der Waals surface area contributed by atoms with Gasteiger partial charge in [-0.2, -0.15) is 13.2 Å². The summed E-state index contributed by atoms with van der Waals surface area (Å²) in [6, 6.07) is 9.32. The fourth-order valence-corrected chi connectivity index (χ4v) is 3.19. The van der Waals surface area contributed by atoms with Crippen molar-refractivity contribution in [2.75, 3.05) is 31.1 Å². The zero-order valence-corrected chi connectivity index (χ0v) is 15.6. The van der Waals surface area contributed by atoms with Crippen molar-refractivity contribution in [2.45, 2.75) is 20.0 Å². The Morgan fingerprint density at radius 3 is 2.07 bits per heavy atom. The number of piperazine rings is 1. The molecule has 0 spiro atoms. The van der Waals surface area contributed by atoms with Crippen LogP contribution < -0.4 is 4.90 Å². The van der Waals surface area contributed by atoms with Crippen LogP contribution in [0, 0.1) is 6.92 Å². The van der Waals surface area contributed by atoms with E-state index in [-0.39, 0.29) is 22.9 Å². The topological polar surface area (TPSA) is 53.5 Å². The van der Waals surface area contributed by atoms with E-state index < -0.39 is 11.9 Å². The number of alkyl halides is 3. The maximum absolute atomic E-state index is 12.7. The molecule has 1 aromatic carbocycles. The third kappa shape index (κ3) is 4.16. The number of aryl methyl sites for hydroxylation is 1. The molecule has 2 aromatic rings. The number of amides is 1. The number of carbonyl (C=O) groups is 2. The number of aromatic nitrogens is 1. The quantitative estimate of drug-likeness (QED) is 0.751. The number of ketones is 1. The van der Waals surface area contributed by atoms with Crippen LogP contribution in [-0.4, -0.2) is 47.8 Å². The van der Waals surface area contributed by atoms with Crippen molar-refractivity contribution in [3.8, 4) is 0 Å². The van der Waals surface area contributed by atoms with Gasteiger partial charge in [0.1, 0.15) is 5.69 Å². The third-order valence-electron chi connectivity index (χ3n) is 4.81. The highest BCUT2D eigenvalue weighted by Crippen LogP contribution is 2.28. The van der Waals surface area contributed by atoms with E-state index in [1.807, 2.05) is 12.1 Å². The molecule has 148 valence electrons. The van der Waals surface area contributed by atoms with E-state index in [1.165, 1.54) is 19.9 Å². The molecule has 1 aromatic heterocycles. The predicted molar refractivity (Wildman–Crippen MR) is 98.5 cm³/mol. The van der Waals surface area contributed by atoms with Crippen LogP contribution in [0.5, 0.6) is 0 Å². The zero-order valence-electron chi connectivity index (χ0n) is 15.6. The lowest BCUT2D eigenvalue weighted by atomic mass is 10.1. The monoisotopic (exact) mass is 391 g/mol. The molecule has 0 N–H and O–H groups in total. The van der Waals surface area contributed by atoms with Crippen LogP contribution in [0.4, 0.5) is 18.9 Å². The lowest BCUT2D eigenvalue weighted by Crippen LogP contribution is -2.49. The Morgan fingerprint density at radius 1 is 0.964 bits per heavy atom. The molecule has 0 unspecified atom stereocenters. The second kappa shape index (κ2) is 7.61. The zero-order chi connectivity index (χ0) is 20.5. The van der Waals surface area contributed by atoms with Gasteiger partial charge in [-0.3, -0.25) is 9.59 Å². The van der Waals surface area contributed by atoms with E-state index in [0.717, 1.165) is 11.8 Å². The van der Waals surface area contributed by atoms with Gasteiger partial charge in [-0.25, -0.2) is 4.98 Å². The lowest BCUT2D eigenvalue weighted by Gasteiger charge is -2.36. The van der Waals surface area contributed by atoms with Gasteiger partial charge in [0.25, 0.3) is 5.91 Å². The third-order valence-corrected chi connectivity index (χ3v) is 4.81. The number of rotatable bonds is 3. The average Bonchev–Trinajstić information content (AvgIpc) is 2.67. The smallest absolute Gasteiger partial charge is 0.368 e. The van der Waals surface area contributed by atoms with Crippen molar-refractivity contribution in [3.63, 3.8) is 0 Å². The number of hydrogen-bond acceptors (Lipinski definition) is 4. The van der Waals surface area contributed by atoms with Crippen LogP contribution in [0.15, 0.2) is 36.4 Å². The van der Waals surface area contributed by atoms with Gasteiger partial charge in [-0.05, 0) is 50.2 Å². The summed E-state index contributed by atoms with van der Waals surface area (Å²) in [5.74, 6) is -0.312. The summed E-state index contributed by atoms with van der Waals surface area (Å²) < 4.78 is 38.2. The van der Waals surface area contributed by atoms with Gasteiger partial charge in [0, 0.05) is 37.4 Å². The number of halogens is 3. The fourth-order valence-electron chi connectivity index (χ4n) is 3.19. The van der Waals surface area contributed by atoms with Crippen molar-refractivity contribution in [3.05, 3.63) is 58.9 Å². The minimum Gasteiger partial charge on any atom is -0.368 e. The largest absolute Gasteiger partial charge is 0.433 e. The molecule has 1 amide bonds. The first-order chi connectivity index (χ1) is 13.2. The molecule has 0 radical (unpaired) electrons. The molecule has 1 fully saturated rings. The fraction of sp³-hybridized carbons (Fsp3) is 0.350. The van der Waals surface area contributed by atoms with Crippen LogP contribution in [0.25, 0.3) is 0 Å².